The monoisotopic (exact) mass is 307 g/mol. The average Bonchev–Trinajstić information content (AvgIpc) is 2.81. The number of hydrogen-bond acceptors (Lipinski definition) is 2. The number of aromatic nitrogens is 1. The molecule has 0 unspecified atom stereocenters. The van der Waals surface area contributed by atoms with E-state index >= 15 is 0 Å². The third-order valence-corrected chi connectivity index (χ3v) is 3.49. The number of benzene rings is 1. The Hall–Kier alpha value is -1.88. The summed E-state index contributed by atoms with van der Waals surface area (Å²) in [5.41, 5.74) is 1.84. The molecule has 0 fully saturated rings. The molecule has 0 atom stereocenters. The Bertz CT molecular complexity index is 631. The largest absolute Gasteiger partial charge is 0.477 e. The predicted octanol–water partition coefficient (Wildman–Crippen LogP) is 3.01. The van der Waals surface area contributed by atoms with Gasteiger partial charge >= 0.3 is 5.97 Å². The first kappa shape index (κ1) is 12.6. The number of aromatic carboxylic acids is 1. The van der Waals surface area contributed by atoms with Gasteiger partial charge in [-0.1, -0.05) is 15.9 Å². The molecule has 2 N–H and O–H groups in total. The fourth-order valence-corrected chi connectivity index (χ4v) is 1.85. The standard InChI is InChI=1S/C13H10BrNO3/c1-7-4-8(2-3-10(7)14)12(16)9-5-11(13(17)18)15-6-9/h2-6,15H,1H3,(H,17,18). The van der Waals surface area contributed by atoms with Crippen molar-refractivity contribution in [2.45, 2.75) is 6.92 Å². The van der Waals surface area contributed by atoms with E-state index in [9.17, 15) is 9.59 Å². The Labute approximate surface area is 112 Å². The maximum Gasteiger partial charge on any atom is 0.352 e. The number of nitrogens with one attached hydrogen (secondary N) is 1. The summed E-state index contributed by atoms with van der Waals surface area (Å²) in [6.07, 6.45) is 1.41. The van der Waals surface area contributed by atoms with E-state index in [0.717, 1.165) is 10.0 Å². The van der Waals surface area contributed by atoms with Crippen LogP contribution in [0.5, 0.6) is 0 Å². The van der Waals surface area contributed by atoms with Gasteiger partial charge in [-0.05, 0) is 36.8 Å². The summed E-state index contributed by atoms with van der Waals surface area (Å²) in [7, 11) is 0. The molecule has 0 saturated carbocycles. The third kappa shape index (κ3) is 2.36. The molecule has 0 aliphatic carbocycles. The normalized spacial score (nSPS) is 10.3. The van der Waals surface area contributed by atoms with Crippen LogP contribution in [0.15, 0.2) is 34.9 Å². The van der Waals surface area contributed by atoms with Crippen LogP contribution in [-0.4, -0.2) is 21.8 Å². The van der Waals surface area contributed by atoms with Crippen LogP contribution in [0.25, 0.3) is 0 Å². The summed E-state index contributed by atoms with van der Waals surface area (Å²) < 4.78 is 0.930. The van der Waals surface area contributed by atoms with Crippen molar-refractivity contribution >= 4 is 27.7 Å². The van der Waals surface area contributed by atoms with Crippen molar-refractivity contribution in [2.24, 2.45) is 0 Å². The highest BCUT2D eigenvalue weighted by atomic mass is 79.9. The van der Waals surface area contributed by atoms with Crippen LogP contribution in [0.3, 0.4) is 0 Å². The lowest BCUT2D eigenvalue weighted by Gasteiger charge is -2.02. The maximum absolute atomic E-state index is 12.1. The summed E-state index contributed by atoms with van der Waals surface area (Å²) in [6.45, 7) is 1.89. The number of carbonyl (C=O) groups excluding carboxylic acids is 1. The molecule has 4 nitrogen and oxygen atoms in total. The topological polar surface area (TPSA) is 70.2 Å². The Morgan fingerprint density at radius 1 is 1.22 bits per heavy atom. The highest BCUT2D eigenvalue weighted by Gasteiger charge is 2.14. The molecule has 92 valence electrons. The number of carbonyl (C=O) groups is 2. The van der Waals surface area contributed by atoms with Gasteiger partial charge in [0, 0.05) is 21.8 Å². The first-order valence-electron chi connectivity index (χ1n) is 5.21. The second-order valence-electron chi connectivity index (χ2n) is 3.90. The number of rotatable bonds is 3. The SMILES string of the molecule is Cc1cc(C(=O)c2c[nH]c(C(=O)O)c2)ccc1Br. The summed E-state index contributed by atoms with van der Waals surface area (Å²) in [4.78, 5) is 25.4. The van der Waals surface area contributed by atoms with Crippen molar-refractivity contribution in [1.29, 1.82) is 0 Å². The highest BCUT2D eigenvalue weighted by Crippen LogP contribution is 2.19. The molecule has 2 rings (SSSR count). The highest BCUT2D eigenvalue weighted by molar-refractivity contribution is 9.10. The van der Waals surface area contributed by atoms with E-state index in [2.05, 4.69) is 20.9 Å². The van der Waals surface area contributed by atoms with Gasteiger partial charge < -0.3 is 10.1 Å². The zero-order chi connectivity index (χ0) is 13.3. The number of H-pyrrole nitrogens is 1. The lowest BCUT2D eigenvalue weighted by molar-refractivity contribution is 0.0691. The smallest absolute Gasteiger partial charge is 0.352 e. The molecular formula is C13H10BrNO3. The minimum Gasteiger partial charge on any atom is -0.477 e. The van der Waals surface area contributed by atoms with Gasteiger partial charge in [-0.25, -0.2) is 4.79 Å². The first-order chi connectivity index (χ1) is 8.49. The summed E-state index contributed by atoms with van der Waals surface area (Å²) in [5, 5.41) is 8.78. The minimum absolute atomic E-state index is 0.00665. The summed E-state index contributed by atoms with van der Waals surface area (Å²) in [5.74, 6) is -1.28. The molecule has 0 aliphatic rings. The van der Waals surface area contributed by atoms with Gasteiger partial charge in [-0.2, -0.15) is 0 Å². The van der Waals surface area contributed by atoms with Crippen LogP contribution < -0.4 is 0 Å². The third-order valence-electron chi connectivity index (χ3n) is 2.60. The van der Waals surface area contributed by atoms with Gasteiger partial charge in [0.25, 0.3) is 0 Å². The van der Waals surface area contributed by atoms with Crippen molar-refractivity contribution in [1.82, 2.24) is 4.98 Å². The van der Waals surface area contributed by atoms with E-state index in [0.29, 0.717) is 11.1 Å². The van der Waals surface area contributed by atoms with Crippen LogP contribution in [0.4, 0.5) is 0 Å². The molecule has 0 radical (unpaired) electrons. The van der Waals surface area contributed by atoms with E-state index in [-0.39, 0.29) is 11.5 Å². The summed E-state index contributed by atoms with van der Waals surface area (Å²) in [6, 6.07) is 6.60. The van der Waals surface area contributed by atoms with Crippen molar-refractivity contribution < 1.29 is 14.7 Å². The van der Waals surface area contributed by atoms with E-state index in [4.69, 9.17) is 5.11 Å². The van der Waals surface area contributed by atoms with E-state index in [1.165, 1.54) is 12.3 Å². The molecule has 1 heterocycles. The lowest BCUT2D eigenvalue weighted by Crippen LogP contribution is -2.00. The number of halogens is 1. The number of aromatic amines is 1. The fourth-order valence-electron chi connectivity index (χ4n) is 1.60. The molecule has 2 aromatic rings. The molecule has 0 spiro atoms. The molecular weight excluding hydrogens is 298 g/mol. The Morgan fingerprint density at radius 2 is 1.94 bits per heavy atom. The molecule has 0 amide bonds. The minimum atomic E-state index is -1.08. The van der Waals surface area contributed by atoms with Crippen molar-refractivity contribution in [3.63, 3.8) is 0 Å². The average molecular weight is 308 g/mol. The second kappa shape index (κ2) is 4.78. The van der Waals surface area contributed by atoms with Gasteiger partial charge in [-0.3, -0.25) is 4.79 Å². The maximum atomic E-state index is 12.1. The van der Waals surface area contributed by atoms with Gasteiger partial charge in [-0.15, -0.1) is 0 Å². The number of aryl methyl sites for hydroxylation is 1. The molecule has 0 aliphatic heterocycles. The number of carboxylic acid groups (broad SMARTS) is 1. The van der Waals surface area contributed by atoms with E-state index in [1.54, 1.807) is 18.2 Å². The fraction of sp³-hybridized carbons (Fsp3) is 0.0769. The van der Waals surface area contributed by atoms with Gasteiger partial charge in [0.2, 0.25) is 0 Å². The van der Waals surface area contributed by atoms with Crippen LogP contribution in [0, 0.1) is 6.92 Å². The van der Waals surface area contributed by atoms with Crippen LogP contribution in [0.2, 0.25) is 0 Å². The van der Waals surface area contributed by atoms with Gasteiger partial charge in [0.15, 0.2) is 5.78 Å². The van der Waals surface area contributed by atoms with Crippen molar-refractivity contribution in [2.75, 3.05) is 0 Å². The zero-order valence-corrected chi connectivity index (χ0v) is 11.1. The van der Waals surface area contributed by atoms with Crippen LogP contribution in [-0.2, 0) is 0 Å². The summed E-state index contributed by atoms with van der Waals surface area (Å²) >= 11 is 3.36. The lowest BCUT2D eigenvalue weighted by atomic mass is 10.0. The molecule has 5 heteroatoms. The molecule has 1 aromatic heterocycles. The van der Waals surface area contributed by atoms with Gasteiger partial charge in [0.1, 0.15) is 5.69 Å². The van der Waals surface area contributed by atoms with Crippen LogP contribution >= 0.6 is 15.9 Å². The quantitative estimate of drug-likeness (QED) is 0.856. The Kier molecular flexibility index (Phi) is 3.34. The van der Waals surface area contributed by atoms with Crippen molar-refractivity contribution in [3.8, 4) is 0 Å². The zero-order valence-electron chi connectivity index (χ0n) is 9.53. The molecule has 18 heavy (non-hydrogen) atoms. The van der Waals surface area contributed by atoms with E-state index < -0.39 is 5.97 Å². The number of ketones is 1. The number of hydrogen-bond donors (Lipinski definition) is 2. The van der Waals surface area contributed by atoms with Gasteiger partial charge in [0.05, 0.1) is 0 Å². The molecule has 1 aromatic carbocycles. The first-order valence-corrected chi connectivity index (χ1v) is 6.01. The van der Waals surface area contributed by atoms with Crippen molar-refractivity contribution in [3.05, 3.63) is 57.3 Å². The van der Waals surface area contributed by atoms with E-state index in [1.807, 2.05) is 6.92 Å². The second-order valence-corrected chi connectivity index (χ2v) is 4.75. The predicted molar refractivity (Wildman–Crippen MR) is 70.1 cm³/mol. The molecule has 0 bridgehead atoms. The Balaban J connectivity index is 2.35. The Morgan fingerprint density at radius 3 is 2.50 bits per heavy atom. The van der Waals surface area contributed by atoms with Crippen LogP contribution in [0.1, 0.15) is 32.0 Å². The molecule has 0 saturated heterocycles. The number of carboxylic acids is 1.